The van der Waals surface area contributed by atoms with Crippen LogP contribution in [0.4, 0.5) is 5.82 Å². The average Bonchev–Trinajstić information content (AvgIpc) is 2.66. The fourth-order valence-electron chi connectivity index (χ4n) is 1.80. The second kappa shape index (κ2) is 5.00. The molecule has 1 aromatic carbocycles. The SMILES string of the molecule is Cc1cc(N)n(-c2ccc(C(=O)OC(C)(C)C)cc2)n1. The van der Waals surface area contributed by atoms with E-state index in [1.807, 2.05) is 27.7 Å². The second-order valence-corrected chi connectivity index (χ2v) is 5.67. The third kappa shape index (κ3) is 3.17. The van der Waals surface area contributed by atoms with Gasteiger partial charge in [-0.25, -0.2) is 9.48 Å². The van der Waals surface area contributed by atoms with Crippen molar-refractivity contribution in [3.63, 3.8) is 0 Å². The van der Waals surface area contributed by atoms with E-state index in [0.29, 0.717) is 11.4 Å². The van der Waals surface area contributed by atoms with Gasteiger partial charge in [0.2, 0.25) is 0 Å². The lowest BCUT2D eigenvalue weighted by molar-refractivity contribution is 0.00696. The summed E-state index contributed by atoms with van der Waals surface area (Å²) in [6.07, 6.45) is 0. The van der Waals surface area contributed by atoms with E-state index in [1.165, 1.54) is 0 Å². The molecule has 0 spiro atoms. The molecule has 0 fully saturated rings. The summed E-state index contributed by atoms with van der Waals surface area (Å²) in [4.78, 5) is 11.9. The highest BCUT2D eigenvalue weighted by molar-refractivity contribution is 5.89. The summed E-state index contributed by atoms with van der Waals surface area (Å²) in [5, 5.41) is 4.29. The molecule has 0 unspecified atom stereocenters. The number of hydrogen-bond donors (Lipinski definition) is 1. The molecule has 20 heavy (non-hydrogen) atoms. The van der Waals surface area contributed by atoms with Gasteiger partial charge in [0, 0.05) is 6.07 Å². The third-order valence-electron chi connectivity index (χ3n) is 2.61. The number of aromatic nitrogens is 2. The van der Waals surface area contributed by atoms with Gasteiger partial charge in [0.25, 0.3) is 0 Å². The van der Waals surface area contributed by atoms with Crippen molar-refractivity contribution in [1.29, 1.82) is 0 Å². The quantitative estimate of drug-likeness (QED) is 0.854. The molecule has 2 rings (SSSR count). The Kier molecular flexibility index (Phi) is 3.53. The van der Waals surface area contributed by atoms with Crippen LogP contribution in [0.1, 0.15) is 36.8 Å². The number of nitrogens with zero attached hydrogens (tertiary/aromatic N) is 2. The highest BCUT2D eigenvalue weighted by Gasteiger charge is 2.17. The van der Waals surface area contributed by atoms with E-state index in [0.717, 1.165) is 11.4 Å². The van der Waals surface area contributed by atoms with Crippen molar-refractivity contribution in [3.05, 3.63) is 41.6 Å². The van der Waals surface area contributed by atoms with E-state index < -0.39 is 5.60 Å². The van der Waals surface area contributed by atoms with Crippen LogP contribution in [0.2, 0.25) is 0 Å². The van der Waals surface area contributed by atoms with Gasteiger partial charge >= 0.3 is 5.97 Å². The first-order chi connectivity index (χ1) is 9.26. The predicted molar refractivity (Wildman–Crippen MR) is 77.9 cm³/mol. The van der Waals surface area contributed by atoms with E-state index >= 15 is 0 Å². The van der Waals surface area contributed by atoms with Gasteiger partial charge in [-0.05, 0) is 52.0 Å². The Bertz CT molecular complexity index is 622. The maximum Gasteiger partial charge on any atom is 0.338 e. The highest BCUT2D eigenvalue weighted by atomic mass is 16.6. The van der Waals surface area contributed by atoms with E-state index in [4.69, 9.17) is 10.5 Å². The van der Waals surface area contributed by atoms with Crippen LogP contribution in [0.5, 0.6) is 0 Å². The van der Waals surface area contributed by atoms with Crippen LogP contribution in [0.15, 0.2) is 30.3 Å². The molecule has 0 bridgehead atoms. The number of hydrogen-bond acceptors (Lipinski definition) is 4. The normalized spacial score (nSPS) is 11.4. The Morgan fingerprint density at radius 2 is 1.85 bits per heavy atom. The van der Waals surface area contributed by atoms with E-state index in [-0.39, 0.29) is 5.97 Å². The number of nitrogens with two attached hydrogens (primary N) is 1. The molecule has 106 valence electrons. The van der Waals surface area contributed by atoms with Gasteiger partial charge in [-0.2, -0.15) is 5.10 Å². The maximum absolute atomic E-state index is 11.9. The molecular weight excluding hydrogens is 254 g/mol. The van der Waals surface area contributed by atoms with Crippen molar-refractivity contribution in [2.24, 2.45) is 0 Å². The molecule has 1 aromatic heterocycles. The van der Waals surface area contributed by atoms with Gasteiger partial charge in [0.05, 0.1) is 16.9 Å². The predicted octanol–water partition coefficient (Wildman–Crippen LogP) is 2.72. The van der Waals surface area contributed by atoms with Gasteiger partial charge in [0.1, 0.15) is 11.4 Å². The number of nitrogen functional groups attached to an aromatic ring is 1. The Balaban J connectivity index is 2.22. The molecule has 0 aliphatic rings. The molecule has 0 radical (unpaired) electrons. The monoisotopic (exact) mass is 273 g/mol. The lowest BCUT2D eigenvalue weighted by Crippen LogP contribution is -2.23. The van der Waals surface area contributed by atoms with Gasteiger partial charge in [-0.3, -0.25) is 0 Å². The van der Waals surface area contributed by atoms with E-state index in [9.17, 15) is 4.79 Å². The first-order valence-corrected chi connectivity index (χ1v) is 6.42. The number of ether oxygens (including phenoxy) is 1. The van der Waals surface area contributed by atoms with Crippen molar-refractivity contribution in [3.8, 4) is 5.69 Å². The Morgan fingerprint density at radius 3 is 2.30 bits per heavy atom. The zero-order chi connectivity index (χ0) is 14.9. The lowest BCUT2D eigenvalue weighted by Gasteiger charge is -2.19. The Morgan fingerprint density at radius 1 is 1.25 bits per heavy atom. The van der Waals surface area contributed by atoms with Gasteiger partial charge in [-0.15, -0.1) is 0 Å². The van der Waals surface area contributed by atoms with Crippen LogP contribution in [0.25, 0.3) is 5.69 Å². The minimum atomic E-state index is -0.501. The van der Waals surface area contributed by atoms with Crippen molar-refractivity contribution in [2.75, 3.05) is 5.73 Å². The van der Waals surface area contributed by atoms with Crippen LogP contribution in [-0.2, 0) is 4.74 Å². The standard InChI is InChI=1S/C15H19N3O2/c1-10-9-13(16)18(17-10)12-7-5-11(6-8-12)14(19)20-15(2,3)4/h5-9H,16H2,1-4H3. The maximum atomic E-state index is 11.9. The van der Waals surface area contributed by atoms with Crippen LogP contribution in [0, 0.1) is 6.92 Å². The Labute approximate surface area is 118 Å². The van der Waals surface area contributed by atoms with Crippen molar-refractivity contribution in [1.82, 2.24) is 9.78 Å². The smallest absolute Gasteiger partial charge is 0.338 e. The molecule has 0 saturated heterocycles. The molecule has 0 amide bonds. The molecule has 5 heteroatoms. The molecule has 5 nitrogen and oxygen atoms in total. The summed E-state index contributed by atoms with van der Waals surface area (Å²) in [5.41, 5.74) is 7.52. The first-order valence-electron chi connectivity index (χ1n) is 6.42. The summed E-state index contributed by atoms with van der Waals surface area (Å²) in [6, 6.07) is 8.80. The summed E-state index contributed by atoms with van der Waals surface area (Å²) in [6.45, 7) is 7.40. The zero-order valence-corrected chi connectivity index (χ0v) is 12.2. The largest absolute Gasteiger partial charge is 0.456 e. The average molecular weight is 273 g/mol. The summed E-state index contributed by atoms with van der Waals surface area (Å²) >= 11 is 0. The number of esters is 1. The van der Waals surface area contributed by atoms with Gasteiger partial charge in [-0.1, -0.05) is 0 Å². The van der Waals surface area contributed by atoms with Crippen LogP contribution in [0.3, 0.4) is 0 Å². The van der Waals surface area contributed by atoms with Gasteiger partial charge < -0.3 is 10.5 Å². The topological polar surface area (TPSA) is 70.1 Å². The fourth-order valence-corrected chi connectivity index (χ4v) is 1.80. The molecular formula is C15H19N3O2. The first kappa shape index (κ1) is 14.1. The summed E-state index contributed by atoms with van der Waals surface area (Å²) < 4.78 is 6.94. The van der Waals surface area contributed by atoms with Gasteiger partial charge in [0.15, 0.2) is 0 Å². The number of anilines is 1. The number of benzene rings is 1. The highest BCUT2D eigenvalue weighted by Crippen LogP contribution is 2.17. The van der Waals surface area contributed by atoms with Crippen LogP contribution >= 0.6 is 0 Å². The molecule has 1 heterocycles. The number of carbonyl (C=O) groups excluding carboxylic acids is 1. The molecule has 0 aliphatic carbocycles. The molecule has 0 saturated carbocycles. The second-order valence-electron chi connectivity index (χ2n) is 5.67. The van der Waals surface area contributed by atoms with Crippen LogP contribution in [-0.4, -0.2) is 21.4 Å². The molecule has 2 aromatic rings. The third-order valence-corrected chi connectivity index (χ3v) is 2.61. The summed E-state index contributed by atoms with van der Waals surface area (Å²) in [7, 11) is 0. The minimum absolute atomic E-state index is 0.339. The van der Waals surface area contributed by atoms with E-state index in [1.54, 1.807) is 35.0 Å². The Hall–Kier alpha value is -2.30. The summed E-state index contributed by atoms with van der Waals surface area (Å²) in [5.74, 6) is 0.223. The molecule has 2 N–H and O–H groups in total. The molecule has 0 aliphatic heterocycles. The number of aryl methyl sites for hydroxylation is 1. The minimum Gasteiger partial charge on any atom is -0.456 e. The van der Waals surface area contributed by atoms with Crippen molar-refractivity contribution >= 4 is 11.8 Å². The molecule has 0 atom stereocenters. The van der Waals surface area contributed by atoms with Crippen molar-refractivity contribution < 1.29 is 9.53 Å². The van der Waals surface area contributed by atoms with E-state index in [2.05, 4.69) is 5.10 Å². The number of carbonyl (C=O) groups is 1. The van der Waals surface area contributed by atoms with Crippen LogP contribution < -0.4 is 5.73 Å². The fraction of sp³-hybridized carbons (Fsp3) is 0.333. The zero-order valence-electron chi connectivity index (χ0n) is 12.2. The lowest BCUT2D eigenvalue weighted by atomic mass is 10.1. The van der Waals surface area contributed by atoms with Crippen molar-refractivity contribution in [2.45, 2.75) is 33.3 Å². The number of rotatable bonds is 2.